The third-order valence-electron chi connectivity index (χ3n) is 2.95. The quantitative estimate of drug-likeness (QED) is 0.595. The second-order valence-corrected chi connectivity index (χ2v) is 3.83. The van der Waals surface area contributed by atoms with E-state index in [-0.39, 0.29) is 24.4 Å². The first kappa shape index (κ1) is 14.8. The van der Waals surface area contributed by atoms with E-state index in [0.717, 1.165) is 0 Å². The zero-order chi connectivity index (χ0) is 12.8. The summed E-state index contributed by atoms with van der Waals surface area (Å²) in [7, 11) is 7.99. The van der Waals surface area contributed by atoms with E-state index in [1.54, 1.807) is 35.5 Å². The Hall–Kier alpha value is -0.240. The van der Waals surface area contributed by atoms with E-state index in [2.05, 4.69) is 0 Å². The third-order valence-corrected chi connectivity index (χ3v) is 2.95. The molecule has 0 aromatic carbocycles. The Morgan fingerprint density at radius 2 is 1.53 bits per heavy atom. The van der Waals surface area contributed by atoms with Crippen LogP contribution in [0.5, 0.6) is 0 Å². The van der Waals surface area contributed by atoms with Gasteiger partial charge in [-0.2, -0.15) is 0 Å². The highest BCUT2D eigenvalue weighted by Gasteiger charge is 2.49. The molecular formula is C11H22O6. The Morgan fingerprint density at radius 3 is 1.94 bits per heavy atom. The summed E-state index contributed by atoms with van der Waals surface area (Å²) in [5.41, 5.74) is 0. The van der Waals surface area contributed by atoms with Crippen LogP contribution in [0, 0.1) is 0 Å². The summed E-state index contributed by atoms with van der Waals surface area (Å²) < 4.78 is 32.2. The maximum absolute atomic E-state index is 5.83. The van der Waals surface area contributed by atoms with E-state index in [1.165, 1.54) is 0 Å². The molecule has 1 heterocycles. The van der Waals surface area contributed by atoms with Gasteiger partial charge in [-0.3, -0.25) is 0 Å². The fourth-order valence-electron chi connectivity index (χ4n) is 2.19. The van der Waals surface area contributed by atoms with Crippen LogP contribution in [-0.4, -0.2) is 72.9 Å². The van der Waals surface area contributed by atoms with Crippen LogP contribution in [0.15, 0.2) is 0 Å². The van der Waals surface area contributed by atoms with Gasteiger partial charge in [-0.15, -0.1) is 0 Å². The van der Waals surface area contributed by atoms with Crippen LogP contribution in [0.4, 0.5) is 0 Å². The van der Waals surface area contributed by atoms with Crippen LogP contribution in [-0.2, 0) is 28.4 Å². The number of hydrogen-bond donors (Lipinski definition) is 0. The third kappa shape index (κ3) is 3.15. The minimum Gasteiger partial charge on any atom is -0.382 e. The molecule has 0 amide bonds. The topological polar surface area (TPSA) is 55.4 Å². The first-order valence-corrected chi connectivity index (χ1v) is 5.49. The lowest BCUT2D eigenvalue weighted by molar-refractivity contribution is -0.197. The lowest BCUT2D eigenvalue weighted by Gasteiger charge is -2.25. The molecule has 17 heavy (non-hydrogen) atoms. The van der Waals surface area contributed by atoms with Crippen molar-refractivity contribution in [1.82, 2.24) is 0 Å². The molecule has 1 saturated heterocycles. The van der Waals surface area contributed by atoms with Crippen LogP contribution >= 0.6 is 0 Å². The average molecular weight is 250 g/mol. The summed E-state index contributed by atoms with van der Waals surface area (Å²) in [6.07, 6.45) is -1.45. The summed E-state index contributed by atoms with van der Waals surface area (Å²) in [5, 5.41) is 0. The van der Waals surface area contributed by atoms with Gasteiger partial charge >= 0.3 is 0 Å². The van der Waals surface area contributed by atoms with Gasteiger partial charge in [-0.25, -0.2) is 0 Å². The summed E-state index contributed by atoms with van der Waals surface area (Å²) >= 11 is 0. The highest BCUT2D eigenvalue weighted by atomic mass is 16.7. The minimum atomic E-state index is -0.487. The van der Waals surface area contributed by atoms with Crippen molar-refractivity contribution in [2.24, 2.45) is 0 Å². The Labute approximate surface area is 102 Å². The summed E-state index contributed by atoms with van der Waals surface area (Å²) in [5.74, 6) is 0. The largest absolute Gasteiger partial charge is 0.382 e. The first-order valence-electron chi connectivity index (χ1n) is 5.49. The highest BCUT2D eigenvalue weighted by Crippen LogP contribution is 2.29. The fourth-order valence-corrected chi connectivity index (χ4v) is 2.19. The van der Waals surface area contributed by atoms with Gasteiger partial charge in [-0.1, -0.05) is 0 Å². The van der Waals surface area contributed by atoms with Crippen molar-refractivity contribution < 1.29 is 28.4 Å². The normalized spacial score (nSPS) is 33.5. The Morgan fingerprint density at radius 1 is 0.941 bits per heavy atom. The van der Waals surface area contributed by atoms with Crippen molar-refractivity contribution in [3.63, 3.8) is 0 Å². The average Bonchev–Trinajstić information content (AvgIpc) is 2.69. The lowest BCUT2D eigenvalue weighted by atomic mass is 10.1. The molecule has 4 atom stereocenters. The van der Waals surface area contributed by atoms with Gasteiger partial charge in [-0.05, 0) is 0 Å². The maximum Gasteiger partial charge on any atom is 0.185 e. The molecule has 1 unspecified atom stereocenters. The first-order chi connectivity index (χ1) is 8.23. The van der Waals surface area contributed by atoms with Gasteiger partial charge in [0.15, 0.2) is 6.29 Å². The molecule has 0 bridgehead atoms. The van der Waals surface area contributed by atoms with E-state index in [1.807, 2.05) is 0 Å². The van der Waals surface area contributed by atoms with Crippen molar-refractivity contribution in [2.45, 2.75) is 30.7 Å². The van der Waals surface area contributed by atoms with Crippen molar-refractivity contribution in [2.75, 3.05) is 42.2 Å². The Bertz CT molecular complexity index is 208. The number of rotatable bonds is 7. The molecule has 0 aromatic heterocycles. The molecule has 1 aliphatic heterocycles. The van der Waals surface area contributed by atoms with Gasteiger partial charge in [0, 0.05) is 35.5 Å². The molecule has 0 aliphatic carbocycles. The fraction of sp³-hybridized carbons (Fsp3) is 1.00. The number of ether oxygens (including phenoxy) is 6. The smallest absolute Gasteiger partial charge is 0.185 e. The predicted molar refractivity (Wildman–Crippen MR) is 59.9 cm³/mol. The molecule has 0 aromatic rings. The van der Waals surface area contributed by atoms with E-state index in [4.69, 9.17) is 28.4 Å². The van der Waals surface area contributed by atoms with Crippen LogP contribution < -0.4 is 0 Å². The van der Waals surface area contributed by atoms with Crippen molar-refractivity contribution in [1.29, 1.82) is 0 Å². The molecule has 6 nitrogen and oxygen atoms in total. The second kappa shape index (κ2) is 7.25. The molecule has 0 N–H and O–H groups in total. The van der Waals surface area contributed by atoms with E-state index in [9.17, 15) is 0 Å². The number of hydrogen-bond acceptors (Lipinski definition) is 6. The maximum atomic E-state index is 5.83. The molecule has 1 aliphatic rings. The molecule has 6 heteroatoms. The van der Waals surface area contributed by atoms with Gasteiger partial charge in [0.25, 0.3) is 0 Å². The second-order valence-electron chi connectivity index (χ2n) is 3.83. The van der Waals surface area contributed by atoms with Crippen LogP contribution in [0.3, 0.4) is 0 Å². The van der Waals surface area contributed by atoms with E-state index >= 15 is 0 Å². The Balaban J connectivity index is 2.77. The summed E-state index contributed by atoms with van der Waals surface area (Å²) in [6, 6.07) is 0. The van der Waals surface area contributed by atoms with E-state index in [0.29, 0.717) is 6.61 Å². The van der Waals surface area contributed by atoms with Gasteiger partial charge in [0.1, 0.15) is 24.4 Å². The van der Waals surface area contributed by atoms with Crippen LogP contribution in [0.1, 0.15) is 0 Å². The van der Waals surface area contributed by atoms with Crippen LogP contribution in [0.2, 0.25) is 0 Å². The van der Waals surface area contributed by atoms with Crippen molar-refractivity contribution in [3.8, 4) is 0 Å². The molecule has 0 radical (unpaired) electrons. The minimum absolute atomic E-state index is 0.187. The van der Waals surface area contributed by atoms with Gasteiger partial charge in [0.2, 0.25) is 0 Å². The van der Waals surface area contributed by atoms with Crippen molar-refractivity contribution >= 4 is 0 Å². The summed E-state index contributed by atoms with van der Waals surface area (Å²) in [6.45, 7) is 0.439. The predicted octanol–water partition coefficient (Wildman–Crippen LogP) is 0.0491. The number of methoxy groups -OCH3 is 5. The zero-order valence-corrected chi connectivity index (χ0v) is 11.0. The zero-order valence-electron chi connectivity index (χ0n) is 11.0. The SMILES string of the molecule is COC[C@H]1OC(C(OC)OC)[C@H](OC)[C@@H]1OC. The lowest BCUT2D eigenvalue weighted by Crippen LogP contribution is -2.42. The molecule has 1 fully saturated rings. The van der Waals surface area contributed by atoms with Gasteiger partial charge < -0.3 is 28.4 Å². The molecular weight excluding hydrogens is 228 g/mol. The monoisotopic (exact) mass is 250 g/mol. The standard InChI is InChI=1S/C11H22O6/c1-12-6-7-8(13-2)9(14-3)10(17-7)11(15-4)16-5/h7-11H,6H2,1-5H3/t7-,8-,9-,10?/m1/s1. The van der Waals surface area contributed by atoms with Gasteiger partial charge in [0.05, 0.1) is 6.61 Å². The van der Waals surface area contributed by atoms with E-state index < -0.39 is 6.29 Å². The molecule has 0 saturated carbocycles. The highest BCUT2D eigenvalue weighted by molar-refractivity contribution is 4.94. The molecule has 102 valence electrons. The Kier molecular flexibility index (Phi) is 6.32. The summed E-state index contributed by atoms with van der Waals surface area (Å²) in [4.78, 5) is 0. The molecule has 0 spiro atoms. The van der Waals surface area contributed by atoms with Crippen LogP contribution in [0.25, 0.3) is 0 Å². The molecule has 1 rings (SSSR count). The van der Waals surface area contributed by atoms with Crippen molar-refractivity contribution in [3.05, 3.63) is 0 Å².